The molecule has 3 aliphatic rings. The number of morpholine rings is 1. The topological polar surface area (TPSA) is 81.8 Å². The first-order valence-corrected chi connectivity index (χ1v) is 11.0. The number of likely N-dealkylation sites (N-methyl/N-ethyl adjacent to an activating group) is 1. The molecule has 162 valence electrons. The molecule has 2 saturated heterocycles. The summed E-state index contributed by atoms with van der Waals surface area (Å²) in [6.07, 6.45) is 6.10. The summed E-state index contributed by atoms with van der Waals surface area (Å²) in [6.45, 7) is 6.64. The number of nitrogens with one attached hydrogen (secondary N) is 1. The smallest absolute Gasteiger partial charge is 0.287 e. The number of rotatable bonds is 5. The molecule has 30 heavy (non-hydrogen) atoms. The van der Waals surface area contributed by atoms with E-state index in [0.29, 0.717) is 12.3 Å². The van der Waals surface area contributed by atoms with Crippen molar-refractivity contribution in [3.05, 3.63) is 28.8 Å². The van der Waals surface area contributed by atoms with Gasteiger partial charge in [0.1, 0.15) is 5.76 Å². The molecule has 4 heterocycles. The Bertz CT molecular complexity index is 928. The number of carbonyl (C=O) groups is 1. The highest BCUT2D eigenvalue weighted by Crippen LogP contribution is 2.38. The summed E-state index contributed by atoms with van der Waals surface area (Å²) < 4.78 is 19.5. The first kappa shape index (κ1) is 19.8. The van der Waals surface area contributed by atoms with Crippen molar-refractivity contribution >= 4 is 5.91 Å². The minimum atomic E-state index is -0.169. The van der Waals surface area contributed by atoms with Crippen molar-refractivity contribution in [3.63, 3.8) is 0 Å². The zero-order valence-corrected chi connectivity index (χ0v) is 17.8. The van der Waals surface area contributed by atoms with Gasteiger partial charge in [-0.05, 0) is 38.8 Å². The van der Waals surface area contributed by atoms with Crippen LogP contribution in [-0.2, 0) is 28.9 Å². The van der Waals surface area contributed by atoms with Gasteiger partial charge in [0.05, 0.1) is 31.1 Å². The minimum absolute atomic E-state index is 0.113. The number of aryl methyl sites for hydroxylation is 2. The van der Waals surface area contributed by atoms with Crippen molar-refractivity contribution in [1.29, 1.82) is 0 Å². The fraction of sp³-hybridized carbons (Fsp3) is 0.636. The lowest BCUT2D eigenvalue weighted by molar-refractivity contribution is -0.0290. The Balaban J connectivity index is 1.33. The molecule has 0 unspecified atom stereocenters. The summed E-state index contributed by atoms with van der Waals surface area (Å²) in [6, 6.07) is 0. The second-order valence-corrected chi connectivity index (χ2v) is 8.68. The van der Waals surface area contributed by atoms with Crippen LogP contribution in [0.25, 0.3) is 11.3 Å². The Morgan fingerprint density at radius 1 is 1.27 bits per heavy atom. The van der Waals surface area contributed by atoms with E-state index in [9.17, 15) is 4.79 Å². The van der Waals surface area contributed by atoms with Gasteiger partial charge in [0, 0.05) is 50.0 Å². The monoisotopic (exact) mass is 414 g/mol. The van der Waals surface area contributed by atoms with Crippen LogP contribution in [-0.4, -0.2) is 72.7 Å². The summed E-state index contributed by atoms with van der Waals surface area (Å²) in [7, 11) is 2.12. The zero-order valence-electron chi connectivity index (χ0n) is 17.8. The summed E-state index contributed by atoms with van der Waals surface area (Å²) in [5.74, 6) is 1.09. The van der Waals surface area contributed by atoms with Gasteiger partial charge in [0.15, 0.2) is 5.76 Å². The largest absolute Gasteiger partial charge is 0.455 e. The molecule has 2 aliphatic heterocycles. The lowest BCUT2D eigenvalue weighted by atomic mass is 9.93. The Hall–Kier alpha value is -2.16. The number of hydrogen-bond donors (Lipinski definition) is 1. The van der Waals surface area contributed by atoms with E-state index in [-0.39, 0.29) is 18.1 Å². The highest BCUT2D eigenvalue weighted by Gasteiger charge is 2.30. The second-order valence-electron chi connectivity index (χ2n) is 8.68. The molecule has 1 aliphatic carbocycles. The average molecular weight is 415 g/mol. The maximum atomic E-state index is 12.7. The van der Waals surface area contributed by atoms with Gasteiger partial charge in [0.2, 0.25) is 0 Å². The van der Waals surface area contributed by atoms with Gasteiger partial charge in [-0.25, -0.2) is 0 Å². The molecule has 0 aromatic carbocycles. The molecule has 8 nitrogen and oxygen atoms in total. The van der Waals surface area contributed by atoms with E-state index >= 15 is 0 Å². The van der Waals surface area contributed by atoms with Gasteiger partial charge in [-0.3, -0.25) is 9.48 Å². The molecule has 5 rings (SSSR count). The average Bonchev–Trinajstić information content (AvgIpc) is 3.44. The van der Waals surface area contributed by atoms with Crippen LogP contribution in [0.4, 0.5) is 0 Å². The molecule has 8 heteroatoms. The van der Waals surface area contributed by atoms with Gasteiger partial charge < -0.3 is 24.1 Å². The highest BCUT2D eigenvalue weighted by atomic mass is 16.5. The molecule has 2 fully saturated rings. The van der Waals surface area contributed by atoms with E-state index in [1.807, 2.05) is 11.6 Å². The molecular formula is C22H30N4O4. The van der Waals surface area contributed by atoms with Crippen LogP contribution < -0.4 is 5.32 Å². The predicted molar refractivity (Wildman–Crippen MR) is 111 cm³/mol. The van der Waals surface area contributed by atoms with Crippen LogP contribution in [0.1, 0.15) is 40.3 Å². The molecule has 2 aromatic heterocycles. The molecule has 0 radical (unpaired) electrons. The maximum absolute atomic E-state index is 12.7. The third-order valence-corrected chi connectivity index (χ3v) is 6.37. The number of carbonyl (C=O) groups excluding carboxylic acids is 1. The quantitative estimate of drug-likeness (QED) is 0.803. The van der Waals surface area contributed by atoms with E-state index in [4.69, 9.17) is 19.0 Å². The third-order valence-electron chi connectivity index (χ3n) is 6.37. The predicted octanol–water partition coefficient (Wildman–Crippen LogP) is 1.79. The number of furan rings is 1. The van der Waals surface area contributed by atoms with Crippen LogP contribution >= 0.6 is 0 Å². The van der Waals surface area contributed by atoms with E-state index in [2.05, 4.69) is 23.5 Å². The van der Waals surface area contributed by atoms with E-state index in [1.165, 1.54) is 5.56 Å². The molecule has 0 bridgehead atoms. The molecule has 1 amide bonds. The SMILES string of the molecule is Cc1c(C(=O)NC[C@@H]2CCCO2)oc2c1-c1nn(C[C@H]3CN(C)CCO3)cc1CC2. The fourth-order valence-corrected chi connectivity index (χ4v) is 4.75. The van der Waals surface area contributed by atoms with Crippen molar-refractivity contribution in [2.45, 2.75) is 51.4 Å². The van der Waals surface area contributed by atoms with E-state index in [1.54, 1.807) is 0 Å². The van der Waals surface area contributed by atoms with Crippen LogP contribution in [0, 0.1) is 6.92 Å². The molecule has 2 aromatic rings. The molecule has 0 spiro atoms. The van der Waals surface area contributed by atoms with Crippen LogP contribution in [0.3, 0.4) is 0 Å². The lowest BCUT2D eigenvalue weighted by Crippen LogP contribution is -2.42. The number of hydrogen-bond acceptors (Lipinski definition) is 6. The first-order valence-electron chi connectivity index (χ1n) is 11.0. The standard InChI is InChI=1S/C22H30N4O4/c1-14-19-18(30-21(14)22(27)23-10-16-4-3-8-28-16)6-5-15-11-26(24-20(15)19)13-17-12-25(2)7-9-29-17/h11,16-17H,3-10,12-13H2,1-2H3,(H,23,27)/t16-,17+/m0/s1. The van der Waals surface area contributed by atoms with Gasteiger partial charge in [-0.15, -0.1) is 0 Å². The van der Waals surface area contributed by atoms with Crippen molar-refractivity contribution in [2.75, 3.05) is 39.9 Å². The Kier molecular flexibility index (Phi) is 5.39. The summed E-state index contributed by atoms with van der Waals surface area (Å²) in [4.78, 5) is 15.0. The molecule has 0 saturated carbocycles. The molecular weight excluding hydrogens is 384 g/mol. The van der Waals surface area contributed by atoms with Crippen molar-refractivity contribution in [2.24, 2.45) is 0 Å². The lowest BCUT2D eigenvalue weighted by Gasteiger charge is -2.29. The summed E-state index contributed by atoms with van der Waals surface area (Å²) >= 11 is 0. The van der Waals surface area contributed by atoms with Gasteiger partial charge in [-0.2, -0.15) is 5.10 Å². The van der Waals surface area contributed by atoms with E-state index in [0.717, 1.165) is 81.1 Å². The summed E-state index contributed by atoms with van der Waals surface area (Å²) in [5.41, 5.74) is 4.01. The van der Waals surface area contributed by atoms with Crippen LogP contribution in [0.5, 0.6) is 0 Å². The summed E-state index contributed by atoms with van der Waals surface area (Å²) in [5, 5.41) is 7.83. The van der Waals surface area contributed by atoms with Gasteiger partial charge in [0.25, 0.3) is 5.91 Å². The molecule has 1 N–H and O–H groups in total. The van der Waals surface area contributed by atoms with Crippen molar-refractivity contribution < 1.29 is 18.7 Å². The number of ether oxygens (including phenoxy) is 2. The Morgan fingerprint density at radius 2 is 2.13 bits per heavy atom. The Morgan fingerprint density at radius 3 is 2.93 bits per heavy atom. The van der Waals surface area contributed by atoms with Gasteiger partial charge in [-0.1, -0.05) is 0 Å². The van der Waals surface area contributed by atoms with Crippen LogP contribution in [0.15, 0.2) is 10.6 Å². The van der Waals surface area contributed by atoms with Crippen molar-refractivity contribution in [3.8, 4) is 11.3 Å². The van der Waals surface area contributed by atoms with Crippen LogP contribution in [0.2, 0.25) is 0 Å². The Labute approximate surface area is 176 Å². The third kappa shape index (κ3) is 3.79. The minimum Gasteiger partial charge on any atom is -0.455 e. The highest BCUT2D eigenvalue weighted by molar-refractivity contribution is 5.95. The zero-order chi connectivity index (χ0) is 20.7. The second kappa shape index (κ2) is 8.17. The number of fused-ring (bicyclic) bond motifs is 3. The number of nitrogens with zero attached hydrogens (tertiary/aromatic N) is 3. The molecule has 2 atom stereocenters. The fourth-order valence-electron chi connectivity index (χ4n) is 4.75. The van der Waals surface area contributed by atoms with Crippen molar-refractivity contribution in [1.82, 2.24) is 20.0 Å². The number of amides is 1. The number of aromatic nitrogens is 2. The normalized spacial score (nSPS) is 23.9. The van der Waals surface area contributed by atoms with Gasteiger partial charge >= 0.3 is 0 Å². The maximum Gasteiger partial charge on any atom is 0.287 e. The first-order chi connectivity index (χ1) is 14.6. The van der Waals surface area contributed by atoms with E-state index < -0.39 is 0 Å².